The number of nitrogens with zero attached hydrogens (tertiary/aromatic N) is 1. The zero-order chi connectivity index (χ0) is 16.2. The SMILES string of the molecule is O=C(Cc1ccc(-c2ccc(Cl)cc2Cl)s1)NN1CCCCC1. The Morgan fingerprint density at radius 3 is 2.65 bits per heavy atom. The Morgan fingerprint density at radius 2 is 1.91 bits per heavy atom. The minimum atomic E-state index is 0.0440. The molecule has 3 rings (SSSR count). The van der Waals surface area contributed by atoms with E-state index < -0.39 is 0 Å². The topological polar surface area (TPSA) is 32.3 Å². The number of thiophene rings is 1. The van der Waals surface area contributed by atoms with Crippen LogP contribution in [0.4, 0.5) is 0 Å². The highest BCUT2D eigenvalue weighted by atomic mass is 35.5. The fraction of sp³-hybridized carbons (Fsp3) is 0.353. The molecular weight excluding hydrogens is 351 g/mol. The van der Waals surface area contributed by atoms with Crippen LogP contribution in [0, 0.1) is 0 Å². The van der Waals surface area contributed by atoms with E-state index in [1.54, 1.807) is 17.4 Å². The van der Waals surface area contributed by atoms with Gasteiger partial charge in [0.1, 0.15) is 0 Å². The van der Waals surface area contributed by atoms with E-state index in [0.717, 1.165) is 41.2 Å². The summed E-state index contributed by atoms with van der Waals surface area (Å²) in [5, 5.41) is 3.27. The standard InChI is InChI=1S/C17H18Cl2N2OS/c18-12-4-6-14(15(19)10-12)16-7-5-13(23-16)11-17(22)20-21-8-2-1-3-9-21/h4-7,10H,1-3,8-9,11H2,(H,20,22). The molecule has 1 aromatic heterocycles. The molecule has 1 N–H and O–H groups in total. The van der Waals surface area contributed by atoms with Gasteiger partial charge < -0.3 is 0 Å². The number of halogens is 2. The number of rotatable bonds is 4. The van der Waals surface area contributed by atoms with Crippen LogP contribution in [0.3, 0.4) is 0 Å². The maximum atomic E-state index is 12.1. The van der Waals surface area contributed by atoms with Gasteiger partial charge in [-0.3, -0.25) is 10.2 Å². The summed E-state index contributed by atoms with van der Waals surface area (Å²) in [6.45, 7) is 1.89. The molecule has 0 saturated carbocycles. The van der Waals surface area contributed by atoms with Crippen molar-refractivity contribution in [2.75, 3.05) is 13.1 Å². The van der Waals surface area contributed by atoms with E-state index in [1.165, 1.54) is 6.42 Å². The van der Waals surface area contributed by atoms with Gasteiger partial charge in [0, 0.05) is 33.4 Å². The Hall–Kier alpha value is -1.07. The smallest absolute Gasteiger partial charge is 0.239 e. The van der Waals surface area contributed by atoms with Crippen molar-refractivity contribution in [1.82, 2.24) is 10.4 Å². The number of carbonyl (C=O) groups is 1. The Morgan fingerprint density at radius 1 is 1.13 bits per heavy atom. The first kappa shape index (κ1) is 16.8. The predicted octanol–water partition coefficient (Wildman–Crippen LogP) is 4.78. The van der Waals surface area contributed by atoms with Crippen LogP contribution in [0.5, 0.6) is 0 Å². The summed E-state index contributed by atoms with van der Waals surface area (Å²) in [5.74, 6) is 0.0440. The fourth-order valence-corrected chi connectivity index (χ4v) is 4.30. The third-order valence-corrected chi connectivity index (χ3v) is 5.50. The number of hydrazine groups is 1. The maximum absolute atomic E-state index is 12.1. The van der Waals surface area contributed by atoms with Crippen LogP contribution >= 0.6 is 34.5 Å². The van der Waals surface area contributed by atoms with Gasteiger partial charge in [-0.15, -0.1) is 11.3 Å². The zero-order valence-corrected chi connectivity index (χ0v) is 15.0. The number of carbonyl (C=O) groups excluding carboxylic acids is 1. The van der Waals surface area contributed by atoms with Crippen LogP contribution in [-0.4, -0.2) is 24.0 Å². The second kappa shape index (κ2) is 7.67. The molecule has 122 valence electrons. The van der Waals surface area contributed by atoms with Gasteiger partial charge in [-0.1, -0.05) is 35.7 Å². The highest BCUT2D eigenvalue weighted by molar-refractivity contribution is 7.15. The van der Waals surface area contributed by atoms with E-state index in [-0.39, 0.29) is 5.91 Å². The first-order chi connectivity index (χ1) is 11.1. The lowest BCUT2D eigenvalue weighted by molar-refractivity contribution is -0.125. The number of piperidine rings is 1. The Labute approximate surface area is 150 Å². The number of hydrogen-bond acceptors (Lipinski definition) is 3. The molecule has 0 atom stereocenters. The Balaban J connectivity index is 1.63. The van der Waals surface area contributed by atoms with E-state index in [1.807, 2.05) is 29.3 Å². The number of benzene rings is 1. The lowest BCUT2D eigenvalue weighted by atomic mass is 10.2. The Bertz CT molecular complexity index is 696. The van der Waals surface area contributed by atoms with Gasteiger partial charge in [-0.25, -0.2) is 5.01 Å². The lowest BCUT2D eigenvalue weighted by Crippen LogP contribution is -2.45. The molecule has 0 bridgehead atoms. The average Bonchev–Trinajstić information content (AvgIpc) is 2.96. The molecule has 0 unspecified atom stereocenters. The van der Waals surface area contributed by atoms with Crippen LogP contribution in [0.1, 0.15) is 24.1 Å². The largest absolute Gasteiger partial charge is 0.289 e. The molecular formula is C17H18Cl2N2OS. The number of hydrogen-bond donors (Lipinski definition) is 1. The van der Waals surface area contributed by atoms with Gasteiger partial charge in [0.25, 0.3) is 0 Å². The van der Waals surface area contributed by atoms with Crippen LogP contribution in [-0.2, 0) is 11.2 Å². The van der Waals surface area contributed by atoms with E-state index in [9.17, 15) is 4.79 Å². The minimum Gasteiger partial charge on any atom is -0.289 e. The van der Waals surface area contributed by atoms with Gasteiger partial charge in [0.05, 0.1) is 11.4 Å². The van der Waals surface area contributed by atoms with Gasteiger partial charge in [-0.2, -0.15) is 0 Å². The first-order valence-electron chi connectivity index (χ1n) is 7.70. The molecule has 0 radical (unpaired) electrons. The molecule has 1 fully saturated rings. The van der Waals surface area contributed by atoms with Crippen molar-refractivity contribution in [3.63, 3.8) is 0 Å². The van der Waals surface area contributed by atoms with Crippen LogP contribution in [0.25, 0.3) is 10.4 Å². The van der Waals surface area contributed by atoms with Crippen molar-refractivity contribution in [2.24, 2.45) is 0 Å². The Kier molecular flexibility index (Phi) is 5.59. The fourth-order valence-electron chi connectivity index (χ4n) is 2.69. The van der Waals surface area contributed by atoms with Gasteiger partial charge in [-0.05, 0) is 37.1 Å². The summed E-state index contributed by atoms with van der Waals surface area (Å²) in [5.41, 5.74) is 3.94. The normalized spacial score (nSPS) is 15.6. The van der Waals surface area contributed by atoms with Crippen LogP contribution in [0.2, 0.25) is 10.0 Å². The van der Waals surface area contributed by atoms with Crippen molar-refractivity contribution in [3.8, 4) is 10.4 Å². The molecule has 0 aliphatic carbocycles. The highest BCUT2D eigenvalue weighted by Gasteiger charge is 2.14. The lowest BCUT2D eigenvalue weighted by Gasteiger charge is -2.26. The summed E-state index contributed by atoms with van der Waals surface area (Å²) >= 11 is 13.8. The molecule has 1 aromatic carbocycles. The molecule has 1 amide bonds. The van der Waals surface area contributed by atoms with Crippen molar-refractivity contribution < 1.29 is 4.79 Å². The molecule has 1 saturated heterocycles. The minimum absolute atomic E-state index is 0.0440. The number of nitrogens with one attached hydrogen (secondary N) is 1. The first-order valence-corrected chi connectivity index (χ1v) is 9.27. The molecule has 6 heteroatoms. The van der Waals surface area contributed by atoms with Crippen molar-refractivity contribution in [1.29, 1.82) is 0 Å². The summed E-state index contributed by atoms with van der Waals surface area (Å²) in [7, 11) is 0. The van der Waals surface area contributed by atoms with E-state index in [2.05, 4.69) is 5.43 Å². The molecule has 1 aliphatic heterocycles. The van der Waals surface area contributed by atoms with Gasteiger partial charge in [0.15, 0.2) is 0 Å². The van der Waals surface area contributed by atoms with Crippen molar-refractivity contribution in [2.45, 2.75) is 25.7 Å². The van der Waals surface area contributed by atoms with Gasteiger partial charge >= 0.3 is 0 Å². The highest BCUT2D eigenvalue weighted by Crippen LogP contribution is 2.35. The molecule has 2 heterocycles. The maximum Gasteiger partial charge on any atom is 0.239 e. The summed E-state index contributed by atoms with van der Waals surface area (Å²) in [6, 6.07) is 9.46. The van der Waals surface area contributed by atoms with E-state index in [0.29, 0.717) is 16.5 Å². The van der Waals surface area contributed by atoms with Gasteiger partial charge in [0.2, 0.25) is 5.91 Å². The molecule has 0 spiro atoms. The monoisotopic (exact) mass is 368 g/mol. The third kappa shape index (κ3) is 4.48. The molecule has 1 aliphatic rings. The summed E-state index contributed by atoms with van der Waals surface area (Å²) in [4.78, 5) is 14.2. The van der Waals surface area contributed by atoms with Crippen LogP contribution < -0.4 is 5.43 Å². The third-order valence-electron chi connectivity index (χ3n) is 3.83. The van der Waals surface area contributed by atoms with E-state index in [4.69, 9.17) is 23.2 Å². The summed E-state index contributed by atoms with van der Waals surface area (Å²) < 4.78 is 0. The number of amides is 1. The second-order valence-electron chi connectivity index (χ2n) is 5.65. The van der Waals surface area contributed by atoms with Crippen molar-refractivity contribution in [3.05, 3.63) is 45.3 Å². The average molecular weight is 369 g/mol. The second-order valence-corrected chi connectivity index (χ2v) is 7.66. The summed E-state index contributed by atoms with van der Waals surface area (Å²) in [6.07, 6.45) is 3.95. The molecule has 2 aromatic rings. The molecule has 3 nitrogen and oxygen atoms in total. The zero-order valence-electron chi connectivity index (χ0n) is 12.6. The van der Waals surface area contributed by atoms with Crippen molar-refractivity contribution >= 4 is 40.4 Å². The quantitative estimate of drug-likeness (QED) is 0.841. The van der Waals surface area contributed by atoms with E-state index >= 15 is 0 Å². The molecule has 23 heavy (non-hydrogen) atoms. The predicted molar refractivity (Wildman–Crippen MR) is 97.0 cm³/mol. The van der Waals surface area contributed by atoms with Crippen LogP contribution in [0.15, 0.2) is 30.3 Å².